The van der Waals surface area contributed by atoms with Crippen molar-refractivity contribution < 1.29 is 4.74 Å². The van der Waals surface area contributed by atoms with Crippen molar-refractivity contribution in [3.05, 3.63) is 23.9 Å². The van der Waals surface area contributed by atoms with Gasteiger partial charge in [-0.2, -0.15) is 5.10 Å². The Balaban J connectivity index is 2.66. The lowest BCUT2D eigenvalue weighted by atomic mass is 10.2. The van der Waals surface area contributed by atoms with Gasteiger partial charge in [0.25, 0.3) is 0 Å². The first-order valence-electron chi connectivity index (χ1n) is 4.77. The predicted octanol–water partition coefficient (Wildman–Crippen LogP) is 2.37. The van der Waals surface area contributed by atoms with Gasteiger partial charge >= 0.3 is 0 Å². The van der Waals surface area contributed by atoms with Crippen LogP contribution >= 0.6 is 0 Å². The maximum Gasteiger partial charge on any atom is 0.121 e. The number of hydrogen-bond donors (Lipinski definition) is 0. The number of aromatic nitrogens is 2. The average Bonchev–Trinajstić information content (AvgIpc) is 2.55. The predicted molar refractivity (Wildman–Crippen MR) is 56.7 cm³/mol. The Morgan fingerprint density at radius 2 is 2.21 bits per heavy atom. The summed E-state index contributed by atoms with van der Waals surface area (Å²) in [5.74, 6) is 0.859. The molecule has 0 saturated carbocycles. The number of ether oxygens (including phenoxy) is 1. The number of fused-ring (bicyclic) bond motifs is 1. The molecule has 0 aliphatic heterocycles. The van der Waals surface area contributed by atoms with E-state index >= 15 is 0 Å². The Labute approximate surface area is 83.3 Å². The van der Waals surface area contributed by atoms with Gasteiger partial charge in [0.15, 0.2) is 0 Å². The molecule has 1 aromatic heterocycles. The highest BCUT2D eigenvalue weighted by Gasteiger charge is 2.06. The van der Waals surface area contributed by atoms with Crippen molar-refractivity contribution in [2.75, 3.05) is 7.11 Å². The maximum absolute atomic E-state index is 5.16. The van der Waals surface area contributed by atoms with Crippen molar-refractivity contribution >= 4 is 10.9 Å². The standard InChI is InChI=1S/C11H14N2O/c1-4-13-8(2)10-6-5-9(14-3)7-11(10)12-13/h5-7H,4H2,1-3H3. The highest BCUT2D eigenvalue weighted by atomic mass is 16.5. The summed E-state index contributed by atoms with van der Waals surface area (Å²) in [5, 5.41) is 5.68. The van der Waals surface area contributed by atoms with Gasteiger partial charge in [-0.3, -0.25) is 4.68 Å². The van der Waals surface area contributed by atoms with Crippen LogP contribution in [-0.2, 0) is 6.54 Å². The van der Waals surface area contributed by atoms with Gasteiger partial charge in [-0.15, -0.1) is 0 Å². The second-order valence-electron chi connectivity index (χ2n) is 3.28. The Bertz CT molecular complexity index is 460. The molecule has 0 aliphatic carbocycles. The van der Waals surface area contributed by atoms with Crippen molar-refractivity contribution in [3.8, 4) is 5.75 Å². The fraction of sp³-hybridized carbons (Fsp3) is 0.364. The van der Waals surface area contributed by atoms with E-state index in [1.54, 1.807) is 7.11 Å². The molecule has 0 N–H and O–H groups in total. The Morgan fingerprint density at radius 3 is 2.86 bits per heavy atom. The van der Waals surface area contributed by atoms with Crippen molar-refractivity contribution in [3.63, 3.8) is 0 Å². The minimum Gasteiger partial charge on any atom is -0.497 e. The van der Waals surface area contributed by atoms with Crippen molar-refractivity contribution in [2.45, 2.75) is 20.4 Å². The first kappa shape index (κ1) is 9.06. The first-order chi connectivity index (χ1) is 6.76. The van der Waals surface area contributed by atoms with Crippen LogP contribution in [0.15, 0.2) is 18.2 Å². The summed E-state index contributed by atoms with van der Waals surface area (Å²) in [4.78, 5) is 0. The zero-order chi connectivity index (χ0) is 10.1. The summed E-state index contributed by atoms with van der Waals surface area (Å²) in [7, 11) is 1.67. The van der Waals surface area contributed by atoms with Crippen LogP contribution in [0.4, 0.5) is 0 Å². The van der Waals surface area contributed by atoms with Gasteiger partial charge in [0.05, 0.1) is 12.6 Å². The molecule has 2 rings (SSSR count). The molecule has 0 bridgehead atoms. The fourth-order valence-electron chi connectivity index (χ4n) is 1.68. The van der Waals surface area contributed by atoms with Crippen molar-refractivity contribution in [1.82, 2.24) is 9.78 Å². The number of rotatable bonds is 2. The van der Waals surface area contributed by atoms with Crippen LogP contribution in [0.5, 0.6) is 5.75 Å². The van der Waals surface area contributed by atoms with Crippen LogP contribution in [0.1, 0.15) is 12.6 Å². The molecule has 0 amide bonds. The molecule has 3 heteroatoms. The lowest BCUT2D eigenvalue weighted by Gasteiger charge is -1.97. The second-order valence-corrected chi connectivity index (χ2v) is 3.28. The number of methoxy groups -OCH3 is 1. The van der Waals surface area contributed by atoms with Gasteiger partial charge in [-0.05, 0) is 26.0 Å². The van der Waals surface area contributed by atoms with Gasteiger partial charge in [-0.25, -0.2) is 0 Å². The van der Waals surface area contributed by atoms with Crippen LogP contribution in [0.3, 0.4) is 0 Å². The van der Waals surface area contributed by atoms with Gasteiger partial charge in [-0.1, -0.05) is 0 Å². The monoisotopic (exact) mass is 190 g/mol. The summed E-state index contributed by atoms with van der Waals surface area (Å²) in [6, 6.07) is 5.99. The van der Waals surface area contributed by atoms with Crippen molar-refractivity contribution in [1.29, 1.82) is 0 Å². The maximum atomic E-state index is 5.16. The minimum atomic E-state index is 0.859. The molecule has 74 valence electrons. The fourth-order valence-corrected chi connectivity index (χ4v) is 1.68. The molecular weight excluding hydrogens is 176 g/mol. The van der Waals surface area contributed by atoms with E-state index in [1.165, 1.54) is 11.1 Å². The van der Waals surface area contributed by atoms with E-state index in [4.69, 9.17) is 4.74 Å². The number of aryl methyl sites for hydroxylation is 2. The van der Waals surface area contributed by atoms with Crippen LogP contribution < -0.4 is 4.74 Å². The zero-order valence-electron chi connectivity index (χ0n) is 8.74. The van der Waals surface area contributed by atoms with Crippen molar-refractivity contribution in [2.24, 2.45) is 0 Å². The molecule has 1 heterocycles. The third-order valence-corrected chi connectivity index (χ3v) is 2.51. The molecule has 1 aromatic carbocycles. The summed E-state index contributed by atoms with van der Waals surface area (Å²) < 4.78 is 7.16. The van der Waals surface area contributed by atoms with E-state index in [2.05, 4.69) is 25.0 Å². The molecule has 0 aliphatic rings. The topological polar surface area (TPSA) is 27.1 Å². The molecule has 0 radical (unpaired) electrons. The molecule has 0 saturated heterocycles. The number of nitrogens with zero attached hydrogens (tertiary/aromatic N) is 2. The highest BCUT2D eigenvalue weighted by Crippen LogP contribution is 2.22. The lowest BCUT2D eigenvalue weighted by molar-refractivity contribution is 0.415. The van der Waals surface area contributed by atoms with Crippen LogP contribution in [0, 0.1) is 6.92 Å². The molecule has 0 fully saturated rings. The third kappa shape index (κ3) is 1.25. The van der Waals surface area contributed by atoms with E-state index in [0.29, 0.717) is 0 Å². The van der Waals surface area contributed by atoms with E-state index in [-0.39, 0.29) is 0 Å². The third-order valence-electron chi connectivity index (χ3n) is 2.51. The van der Waals surface area contributed by atoms with E-state index in [9.17, 15) is 0 Å². The van der Waals surface area contributed by atoms with Crippen LogP contribution in [0.25, 0.3) is 10.9 Å². The van der Waals surface area contributed by atoms with E-state index in [0.717, 1.165) is 17.8 Å². The summed E-state index contributed by atoms with van der Waals surface area (Å²) in [6.45, 7) is 5.09. The van der Waals surface area contributed by atoms with Gasteiger partial charge in [0, 0.05) is 23.7 Å². The quantitative estimate of drug-likeness (QED) is 0.727. The Hall–Kier alpha value is -1.51. The Kier molecular flexibility index (Phi) is 2.15. The summed E-state index contributed by atoms with van der Waals surface area (Å²) in [6.07, 6.45) is 0. The van der Waals surface area contributed by atoms with E-state index < -0.39 is 0 Å². The van der Waals surface area contributed by atoms with E-state index in [1.807, 2.05) is 16.8 Å². The van der Waals surface area contributed by atoms with Crippen LogP contribution in [0.2, 0.25) is 0 Å². The second kappa shape index (κ2) is 3.33. The molecular formula is C11H14N2O. The summed E-state index contributed by atoms with van der Waals surface area (Å²) >= 11 is 0. The first-order valence-corrected chi connectivity index (χ1v) is 4.77. The number of benzene rings is 1. The molecule has 0 atom stereocenters. The highest BCUT2D eigenvalue weighted by molar-refractivity contribution is 5.82. The molecule has 0 spiro atoms. The molecule has 2 aromatic rings. The molecule has 3 nitrogen and oxygen atoms in total. The normalized spacial score (nSPS) is 10.8. The minimum absolute atomic E-state index is 0.859. The van der Waals surface area contributed by atoms with Crippen LogP contribution in [-0.4, -0.2) is 16.9 Å². The SMILES string of the molecule is CCn1nc2cc(OC)ccc2c1C. The average molecular weight is 190 g/mol. The smallest absolute Gasteiger partial charge is 0.121 e. The lowest BCUT2D eigenvalue weighted by Crippen LogP contribution is -1.97. The van der Waals surface area contributed by atoms with Gasteiger partial charge < -0.3 is 4.74 Å². The summed E-state index contributed by atoms with van der Waals surface area (Å²) in [5.41, 5.74) is 2.22. The molecule has 0 unspecified atom stereocenters. The van der Waals surface area contributed by atoms with Gasteiger partial charge in [0.1, 0.15) is 5.75 Å². The molecule has 14 heavy (non-hydrogen) atoms. The Morgan fingerprint density at radius 1 is 1.43 bits per heavy atom. The largest absolute Gasteiger partial charge is 0.497 e. The number of hydrogen-bond acceptors (Lipinski definition) is 2. The zero-order valence-corrected chi connectivity index (χ0v) is 8.74. The van der Waals surface area contributed by atoms with Gasteiger partial charge in [0.2, 0.25) is 0 Å².